The van der Waals surface area contributed by atoms with Crippen molar-refractivity contribution in [2.75, 3.05) is 7.11 Å². The van der Waals surface area contributed by atoms with Crippen molar-refractivity contribution in [3.05, 3.63) is 29.6 Å². The van der Waals surface area contributed by atoms with Gasteiger partial charge in [-0.1, -0.05) is 0 Å². The van der Waals surface area contributed by atoms with E-state index in [1.807, 2.05) is 0 Å². The molecule has 1 aromatic rings. The van der Waals surface area contributed by atoms with Gasteiger partial charge in [0.25, 0.3) is 0 Å². The Hall–Kier alpha value is -1.10. The largest absolute Gasteiger partial charge is 0.416 e. The fourth-order valence-corrected chi connectivity index (χ4v) is 0.881. The summed E-state index contributed by atoms with van der Waals surface area (Å²) in [6, 6.07) is 1.91. The van der Waals surface area contributed by atoms with Gasteiger partial charge >= 0.3 is 6.18 Å². The van der Waals surface area contributed by atoms with Gasteiger partial charge in [-0.2, -0.15) is 13.2 Å². The highest BCUT2D eigenvalue weighted by Crippen LogP contribution is 2.28. The van der Waals surface area contributed by atoms with Crippen molar-refractivity contribution in [1.82, 2.24) is 4.98 Å². The molecule has 5 heteroatoms. The Morgan fingerprint density at radius 1 is 1.46 bits per heavy atom. The summed E-state index contributed by atoms with van der Waals surface area (Å²) < 4.78 is 41.1. The molecule has 0 unspecified atom stereocenters. The number of ether oxygens (including phenoxy) is 1. The first-order chi connectivity index (χ1) is 6.04. The van der Waals surface area contributed by atoms with Gasteiger partial charge in [-0.15, -0.1) is 0 Å². The summed E-state index contributed by atoms with van der Waals surface area (Å²) in [5, 5.41) is 0. The fraction of sp³-hybridized carbons (Fsp3) is 0.375. The minimum absolute atomic E-state index is 0.0872. The Morgan fingerprint density at radius 2 is 2.15 bits per heavy atom. The second kappa shape index (κ2) is 3.74. The highest BCUT2D eigenvalue weighted by Gasteiger charge is 2.30. The maximum Gasteiger partial charge on any atom is 0.416 e. The van der Waals surface area contributed by atoms with Gasteiger partial charge in [0.2, 0.25) is 0 Å². The van der Waals surface area contributed by atoms with Crippen LogP contribution in [0.1, 0.15) is 11.3 Å². The van der Waals surface area contributed by atoms with Crippen molar-refractivity contribution in [3.8, 4) is 0 Å². The van der Waals surface area contributed by atoms with Crippen LogP contribution in [0.15, 0.2) is 18.3 Å². The second-order valence-electron chi connectivity index (χ2n) is 2.47. The van der Waals surface area contributed by atoms with Gasteiger partial charge in [-0.25, -0.2) is 0 Å². The van der Waals surface area contributed by atoms with Crippen molar-refractivity contribution in [2.45, 2.75) is 12.8 Å². The number of pyridine rings is 1. The molecule has 72 valence electrons. The first-order valence-corrected chi connectivity index (χ1v) is 3.55. The smallest absolute Gasteiger partial charge is 0.378 e. The molecule has 0 saturated carbocycles. The number of rotatable bonds is 2. The van der Waals surface area contributed by atoms with Crippen molar-refractivity contribution in [2.24, 2.45) is 0 Å². The number of alkyl halides is 3. The zero-order valence-electron chi connectivity index (χ0n) is 6.93. The molecule has 0 aliphatic heterocycles. The maximum absolute atomic E-state index is 12.1. The first-order valence-electron chi connectivity index (χ1n) is 3.55. The Bertz CT molecular complexity index is 285. The van der Waals surface area contributed by atoms with Crippen LogP contribution in [0.2, 0.25) is 0 Å². The van der Waals surface area contributed by atoms with Crippen LogP contribution in [0, 0.1) is 0 Å². The van der Waals surface area contributed by atoms with E-state index in [0.29, 0.717) is 0 Å². The van der Waals surface area contributed by atoms with E-state index < -0.39 is 11.7 Å². The van der Waals surface area contributed by atoms with E-state index in [1.54, 1.807) is 0 Å². The highest BCUT2D eigenvalue weighted by molar-refractivity contribution is 5.18. The van der Waals surface area contributed by atoms with Gasteiger partial charge in [-0.05, 0) is 12.1 Å². The molecule has 0 amide bonds. The molecule has 0 spiro atoms. The predicted octanol–water partition coefficient (Wildman–Crippen LogP) is 2.25. The molecule has 0 fully saturated rings. The van der Waals surface area contributed by atoms with E-state index in [1.165, 1.54) is 7.11 Å². The van der Waals surface area contributed by atoms with Crippen LogP contribution in [0.25, 0.3) is 0 Å². The summed E-state index contributed by atoms with van der Waals surface area (Å²) >= 11 is 0. The van der Waals surface area contributed by atoms with Gasteiger partial charge in [0.15, 0.2) is 0 Å². The number of hydrogen-bond donors (Lipinski definition) is 0. The fourth-order valence-electron chi connectivity index (χ4n) is 0.881. The second-order valence-corrected chi connectivity index (χ2v) is 2.47. The number of methoxy groups -OCH3 is 1. The van der Waals surface area contributed by atoms with Crippen LogP contribution < -0.4 is 0 Å². The van der Waals surface area contributed by atoms with Crippen LogP contribution in [0.4, 0.5) is 13.2 Å². The molecule has 0 bridgehead atoms. The average Bonchev–Trinajstić information content (AvgIpc) is 2.04. The predicted molar refractivity (Wildman–Crippen MR) is 40.0 cm³/mol. The summed E-state index contributed by atoms with van der Waals surface area (Å²) in [5.41, 5.74) is -0.424. The van der Waals surface area contributed by atoms with Crippen LogP contribution in [-0.2, 0) is 17.5 Å². The lowest BCUT2D eigenvalue weighted by molar-refractivity contribution is -0.137. The molecule has 0 aliphatic rings. The number of aromatic nitrogens is 1. The van der Waals surface area contributed by atoms with E-state index >= 15 is 0 Å². The normalized spacial score (nSPS) is 11.7. The SMILES string of the molecule is COCc1cc(C(F)(F)F)ccn1. The number of nitrogens with zero attached hydrogens (tertiary/aromatic N) is 1. The van der Waals surface area contributed by atoms with Crippen molar-refractivity contribution >= 4 is 0 Å². The number of hydrogen-bond acceptors (Lipinski definition) is 2. The van der Waals surface area contributed by atoms with Crippen LogP contribution in [-0.4, -0.2) is 12.1 Å². The average molecular weight is 191 g/mol. The summed E-state index contributed by atoms with van der Waals surface area (Å²) in [5.74, 6) is 0. The Kier molecular flexibility index (Phi) is 2.87. The lowest BCUT2D eigenvalue weighted by atomic mass is 10.2. The lowest BCUT2D eigenvalue weighted by Crippen LogP contribution is -2.06. The van der Waals surface area contributed by atoms with Gasteiger partial charge in [0, 0.05) is 13.3 Å². The molecule has 0 radical (unpaired) electrons. The van der Waals surface area contributed by atoms with E-state index in [-0.39, 0.29) is 12.3 Å². The molecule has 0 saturated heterocycles. The van der Waals surface area contributed by atoms with Crippen LogP contribution in [0.3, 0.4) is 0 Å². The van der Waals surface area contributed by atoms with Gasteiger partial charge < -0.3 is 4.74 Å². The van der Waals surface area contributed by atoms with E-state index in [9.17, 15) is 13.2 Å². The molecule has 1 aromatic heterocycles. The van der Waals surface area contributed by atoms with Gasteiger partial charge in [-0.3, -0.25) is 4.98 Å². The summed E-state index contributed by atoms with van der Waals surface area (Å²) in [7, 11) is 1.40. The first kappa shape index (κ1) is 9.98. The lowest BCUT2D eigenvalue weighted by Gasteiger charge is -2.07. The Balaban J connectivity index is 2.92. The minimum atomic E-state index is -4.31. The molecule has 0 N–H and O–H groups in total. The minimum Gasteiger partial charge on any atom is -0.378 e. The maximum atomic E-state index is 12.1. The quantitative estimate of drug-likeness (QED) is 0.715. The van der Waals surface area contributed by atoms with Crippen LogP contribution in [0.5, 0.6) is 0 Å². The van der Waals surface area contributed by atoms with E-state index in [0.717, 1.165) is 18.3 Å². The number of halogens is 3. The monoisotopic (exact) mass is 191 g/mol. The molecule has 0 aliphatic carbocycles. The zero-order chi connectivity index (χ0) is 9.90. The molecular formula is C8H8F3NO. The third-order valence-electron chi connectivity index (χ3n) is 1.44. The topological polar surface area (TPSA) is 22.1 Å². The molecular weight excluding hydrogens is 183 g/mol. The summed E-state index contributed by atoms with van der Waals surface area (Å²) in [6.07, 6.45) is -3.19. The third-order valence-corrected chi connectivity index (χ3v) is 1.44. The standard InChI is InChI=1S/C8H8F3NO/c1-13-5-7-4-6(2-3-12-7)8(9,10)11/h2-4H,5H2,1H3. The van der Waals surface area contributed by atoms with E-state index in [4.69, 9.17) is 0 Å². The molecule has 1 heterocycles. The van der Waals surface area contributed by atoms with E-state index in [2.05, 4.69) is 9.72 Å². The molecule has 2 nitrogen and oxygen atoms in total. The Morgan fingerprint density at radius 3 is 2.69 bits per heavy atom. The van der Waals surface area contributed by atoms with Crippen molar-refractivity contribution < 1.29 is 17.9 Å². The molecule has 13 heavy (non-hydrogen) atoms. The summed E-state index contributed by atoms with van der Waals surface area (Å²) in [6.45, 7) is 0.0872. The zero-order valence-corrected chi connectivity index (χ0v) is 6.93. The van der Waals surface area contributed by atoms with Crippen molar-refractivity contribution in [1.29, 1.82) is 0 Å². The Labute approximate surface area is 73.4 Å². The molecule has 0 atom stereocenters. The van der Waals surface area contributed by atoms with Crippen molar-refractivity contribution in [3.63, 3.8) is 0 Å². The highest BCUT2D eigenvalue weighted by atomic mass is 19.4. The molecule has 1 rings (SSSR count). The van der Waals surface area contributed by atoms with Gasteiger partial charge in [0.1, 0.15) is 0 Å². The molecule has 0 aromatic carbocycles. The van der Waals surface area contributed by atoms with Gasteiger partial charge in [0.05, 0.1) is 17.9 Å². The third kappa shape index (κ3) is 2.69. The summed E-state index contributed by atoms with van der Waals surface area (Å²) in [4.78, 5) is 3.72. The van der Waals surface area contributed by atoms with Crippen LogP contribution >= 0.6 is 0 Å².